The number of carbonyl (C=O) groups excluding carboxylic acids is 2. The minimum atomic E-state index is -0.368. The summed E-state index contributed by atoms with van der Waals surface area (Å²) in [4.78, 5) is 26.4. The summed E-state index contributed by atoms with van der Waals surface area (Å²) < 4.78 is 7.07. The Morgan fingerprint density at radius 3 is 2.81 bits per heavy atom. The van der Waals surface area contributed by atoms with Gasteiger partial charge in [0.05, 0.1) is 22.9 Å². The number of ether oxygens (including phenoxy) is 1. The number of thioether (sulfide) groups is 1. The van der Waals surface area contributed by atoms with E-state index in [0.717, 1.165) is 36.8 Å². The minimum absolute atomic E-state index is 0.138. The number of hydrogen-bond acceptors (Lipinski definition) is 7. The molecule has 2 heterocycles. The fraction of sp³-hybridized carbons (Fsp3) is 0.364. The molecule has 3 aromatic rings. The largest absolute Gasteiger partial charge is 0.462 e. The number of carbonyl (C=O) groups is 2. The standard InChI is InChI=1S/C22H23ClN4O3S2/c1-3-30-21(29)18-14-9-5-7-11-16(14)32-20(18)24-17(28)12-31-22-26-25-19(27(22)2)13-8-4-6-10-15(13)23/h4,6,8,10H,3,5,7,9,11-12H2,1-2H3,(H,24,28). The molecule has 1 N–H and O–H groups in total. The molecule has 0 bridgehead atoms. The van der Waals surface area contributed by atoms with Gasteiger partial charge < -0.3 is 14.6 Å². The van der Waals surface area contributed by atoms with Crippen LogP contribution in [0.4, 0.5) is 5.00 Å². The van der Waals surface area contributed by atoms with Crippen molar-refractivity contribution in [2.24, 2.45) is 7.05 Å². The highest BCUT2D eigenvalue weighted by Gasteiger charge is 2.27. The Morgan fingerprint density at radius 2 is 2.03 bits per heavy atom. The van der Waals surface area contributed by atoms with Crippen molar-refractivity contribution in [2.45, 2.75) is 37.8 Å². The summed E-state index contributed by atoms with van der Waals surface area (Å²) in [6.07, 6.45) is 3.91. The van der Waals surface area contributed by atoms with E-state index in [-0.39, 0.29) is 17.6 Å². The lowest BCUT2D eigenvalue weighted by molar-refractivity contribution is -0.113. The van der Waals surface area contributed by atoms with Gasteiger partial charge in [-0.05, 0) is 50.3 Å². The zero-order valence-electron chi connectivity index (χ0n) is 17.8. The highest BCUT2D eigenvalue weighted by molar-refractivity contribution is 7.99. The molecule has 1 aromatic carbocycles. The molecule has 0 aliphatic heterocycles. The number of fused-ring (bicyclic) bond motifs is 1. The van der Waals surface area contributed by atoms with Crippen LogP contribution in [0.15, 0.2) is 29.4 Å². The molecule has 10 heteroatoms. The lowest BCUT2D eigenvalue weighted by Gasteiger charge is -2.12. The van der Waals surface area contributed by atoms with E-state index in [2.05, 4.69) is 15.5 Å². The van der Waals surface area contributed by atoms with E-state index in [1.165, 1.54) is 28.0 Å². The van der Waals surface area contributed by atoms with Crippen LogP contribution in [0.2, 0.25) is 5.02 Å². The van der Waals surface area contributed by atoms with Gasteiger partial charge in [-0.1, -0.05) is 35.5 Å². The molecule has 0 unspecified atom stereocenters. The third-order valence-corrected chi connectivity index (χ3v) is 7.74. The number of anilines is 1. The normalized spacial score (nSPS) is 13.0. The monoisotopic (exact) mass is 490 g/mol. The van der Waals surface area contributed by atoms with Gasteiger partial charge in [0.1, 0.15) is 5.00 Å². The maximum absolute atomic E-state index is 12.7. The Labute approximate surface area is 199 Å². The van der Waals surface area contributed by atoms with Gasteiger partial charge in [-0.3, -0.25) is 4.79 Å². The number of rotatable bonds is 7. The maximum Gasteiger partial charge on any atom is 0.341 e. The lowest BCUT2D eigenvalue weighted by atomic mass is 9.95. The average molecular weight is 491 g/mol. The first-order chi connectivity index (χ1) is 15.5. The van der Waals surface area contributed by atoms with Crippen molar-refractivity contribution in [1.29, 1.82) is 0 Å². The van der Waals surface area contributed by atoms with Crippen molar-refractivity contribution in [3.8, 4) is 11.4 Å². The number of thiophene rings is 1. The Bertz CT molecular complexity index is 1160. The molecule has 0 saturated carbocycles. The molecule has 4 rings (SSSR count). The quantitative estimate of drug-likeness (QED) is 0.371. The van der Waals surface area contributed by atoms with Crippen molar-refractivity contribution >= 4 is 51.6 Å². The molecule has 0 atom stereocenters. The summed E-state index contributed by atoms with van der Waals surface area (Å²) in [5, 5.41) is 13.1. The van der Waals surface area contributed by atoms with Crippen LogP contribution in [0.1, 0.15) is 40.6 Å². The summed E-state index contributed by atoms with van der Waals surface area (Å²) in [5.74, 6) is 0.197. The van der Waals surface area contributed by atoms with Gasteiger partial charge in [-0.25, -0.2) is 4.79 Å². The average Bonchev–Trinajstić information content (AvgIpc) is 3.32. The Kier molecular flexibility index (Phi) is 7.17. The number of esters is 1. The number of benzene rings is 1. The molecule has 168 valence electrons. The molecule has 32 heavy (non-hydrogen) atoms. The van der Waals surface area contributed by atoms with E-state index >= 15 is 0 Å². The molecule has 1 aliphatic carbocycles. The number of aromatic nitrogens is 3. The first-order valence-corrected chi connectivity index (χ1v) is 12.6. The van der Waals surface area contributed by atoms with Gasteiger partial charge in [-0.2, -0.15) is 0 Å². The molecular weight excluding hydrogens is 468 g/mol. The van der Waals surface area contributed by atoms with E-state index in [1.54, 1.807) is 13.0 Å². The van der Waals surface area contributed by atoms with Crippen molar-refractivity contribution in [3.63, 3.8) is 0 Å². The van der Waals surface area contributed by atoms with Crippen LogP contribution >= 0.6 is 34.7 Å². The van der Waals surface area contributed by atoms with Crippen LogP contribution in [0.25, 0.3) is 11.4 Å². The van der Waals surface area contributed by atoms with E-state index in [1.807, 2.05) is 29.8 Å². The number of hydrogen-bond donors (Lipinski definition) is 1. The Hall–Kier alpha value is -2.36. The van der Waals surface area contributed by atoms with Gasteiger partial charge in [0.25, 0.3) is 0 Å². The van der Waals surface area contributed by atoms with Crippen LogP contribution in [0.5, 0.6) is 0 Å². The number of aryl methyl sites for hydroxylation is 1. The Morgan fingerprint density at radius 1 is 1.25 bits per heavy atom. The first-order valence-electron chi connectivity index (χ1n) is 10.4. The topological polar surface area (TPSA) is 86.1 Å². The van der Waals surface area contributed by atoms with Gasteiger partial charge in [0, 0.05) is 17.5 Å². The second kappa shape index (κ2) is 10.1. The van der Waals surface area contributed by atoms with Crippen LogP contribution < -0.4 is 5.32 Å². The first kappa shape index (κ1) is 22.8. The van der Waals surface area contributed by atoms with Gasteiger partial charge in [0.2, 0.25) is 5.91 Å². The third-order valence-electron chi connectivity index (χ3n) is 5.19. The highest BCUT2D eigenvalue weighted by Crippen LogP contribution is 2.38. The highest BCUT2D eigenvalue weighted by atomic mass is 35.5. The lowest BCUT2D eigenvalue weighted by Crippen LogP contribution is -2.17. The molecule has 0 fully saturated rings. The smallest absolute Gasteiger partial charge is 0.341 e. The molecule has 0 saturated heterocycles. The van der Waals surface area contributed by atoms with Gasteiger partial charge >= 0.3 is 5.97 Å². The molecule has 2 aromatic heterocycles. The molecule has 1 aliphatic rings. The Balaban J connectivity index is 1.47. The van der Waals surface area contributed by atoms with E-state index in [4.69, 9.17) is 16.3 Å². The third kappa shape index (κ3) is 4.69. The molecule has 0 radical (unpaired) electrons. The summed E-state index contributed by atoms with van der Waals surface area (Å²) in [6.45, 7) is 2.08. The van der Waals surface area contributed by atoms with Crippen LogP contribution in [-0.2, 0) is 29.4 Å². The summed E-state index contributed by atoms with van der Waals surface area (Å²) in [7, 11) is 1.84. The minimum Gasteiger partial charge on any atom is -0.462 e. The van der Waals surface area contributed by atoms with Crippen molar-refractivity contribution < 1.29 is 14.3 Å². The van der Waals surface area contributed by atoms with Crippen LogP contribution in [-0.4, -0.2) is 39.0 Å². The van der Waals surface area contributed by atoms with Crippen molar-refractivity contribution in [3.05, 3.63) is 45.3 Å². The van der Waals surface area contributed by atoms with Crippen molar-refractivity contribution in [1.82, 2.24) is 14.8 Å². The molecule has 1 amide bonds. The second-order valence-corrected chi connectivity index (χ2v) is 9.77. The summed E-state index contributed by atoms with van der Waals surface area (Å²) in [6, 6.07) is 7.42. The van der Waals surface area contributed by atoms with Crippen LogP contribution in [0, 0.1) is 0 Å². The predicted molar refractivity (Wildman–Crippen MR) is 128 cm³/mol. The fourth-order valence-corrected chi connectivity index (χ4v) is 5.91. The predicted octanol–water partition coefficient (Wildman–Crippen LogP) is 4.98. The van der Waals surface area contributed by atoms with Gasteiger partial charge in [0.15, 0.2) is 11.0 Å². The number of nitrogens with zero attached hydrogens (tertiary/aromatic N) is 3. The zero-order valence-corrected chi connectivity index (χ0v) is 20.2. The van der Waals surface area contributed by atoms with Crippen molar-refractivity contribution in [2.75, 3.05) is 17.7 Å². The summed E-state index contributed by atoms with van der Waals surface area (Å²) in [5.41, 5.74) is 2.33. The second-order valence-electron chi connectivity index (χ2n) is 7.32. The maximum atomic E-state index is 12.7. The zero-order chi connectivity index (χ0) is 22.7. The van der Waals surface area contributed by atoms with Gasteiger partial charge in [-0.15, -0.1) is 21.5 Å². The van der Waals surface area contributed by atoms with Crippen LogP contribution in [0.3, 0.4) is 0 Å². The SMILES string of the molecule is CCOC(=O)c1c(NC(=O)CSc2nnc(-c3ccccc3Cl)n2C)sc2c1CCCC2. The number of nitrogens with one attached hydrogen (secondary N) is 1. The molecular formula is C22H23ClN4O3S2. The number of halogens is 1. The van der Waals surface area contributed by atoms with E-state index < -0.39 is 0 Å². The fourth-order valence-electron chi connectivity index (χ4n) is 3.68. The molecule has 0 spiro atoms. The summed E-state index contributed by atoms with van der Waals surface area (Å²) >= 11 is 9.04. The number of amides is 1. The van der Waals surface area contributed by atoms with E-state index in [0.29, 0.717) is 33.2 Å². The van der Waals surface area contributed by atoms with E-state index in [9.17, 15) is 9.59 Å². The molecule has 7 nitrogen and oxygen atoms in total.